The summed E-state index contributed by atoms with van der Waals surface area (Å²) in [5.74, 6) is 0.119. The Hall–Kier alpha value is -1.57. The Morgan fingerprint density at radius 3 is 2.63 bits per heavy atom. The number of hydrogen-bond acceptors (Lipinski definition) is 2. The summed E-state index contributed by atoms with van der Waals surface area (Å²) in [7, 11) is 0. The van der Waals surface area contributed by atoms with Crippen LogP contribution in [0.25, 0.3) is 0 Å². The standard InChI is InChI=1S/C14H8BrClFNO/c15-7-9-1-4-14(12(16)5-9)19-11-3-2-10(8-18)13(17)6-11/h1-6H,7H2. The van der Waals surface area contributed by atoms with Gasteiger partial charge in [-0.3, -0.25) is 0 Å². The summed E-state index contributed by atoms with van der Waals surface area (Å²) in [5.41, 5.74) is 0.997. The van der Waals surface area contributed by atoms with Crippen molar-refractivity contribution in [3.8, 4) is 17.6 Å². The number of rotatable bonds is 3. The summed E-state index contributed by atoms with van der Waals surface area (Å²) in [4.78, 5) is 0. The minimum absolute atomic E-state index is 0.0203. The minimum Gasteiger partial charge on any atom is -0.456 e. The highest BCUT2D eigenvalue weighted by atomic mass is 79.9. The van der Waals surface area contributed by atoms with Gasteiger partial charge in [0, 0.05) is 11.4 Å². The second kappa shape index (κ2) is 6.05. The molecule has 0 bridgehead atoms. The zero-order valence-corrected chi connectivity index (χ0v) is 12.0. The van der Waals surface area contributed by atoms with Gasteiger partial charge in [0.25, 0.3) is 0 Å². The Kier molecular flexibility index (Phi) is 4.41. The lowest BCUT2D eigenvalue weighted by molar-refractivity contribution is 0.476. The third-order valence-corrected chi connectivity index (χ3v) is 3.38. The topological polar surface area (TPSA) is 33.0 Å². The predicted molar refractivity (Wildman–Crippen MR) is 75.3 cm³/mol. The third kappa shape index (κ3) is 3.25. The Labute approximate surface area is 123 Å². The second-order valence-corrected chi connectivity index (χ2v) is 4.72. The zero-order valence-electron chi connectivity index (χ0n) is 9.66. The van der Waals surface area contributed by atoms with E-state index in [2.05, 4.69) is 15.9 Å². The molecule has 0 N–H and O–H groups in total. The van der Waals surface area contributed by atoms with Crippen molar-refractivity contribution in [1.29, 1.82) is 5.26 Å². The molecular formula is C14H8BrClFNO. The van der Waals surface area contributed by atoms with E-state index in [1.54, 1.807) is 18.2 Å². The van der Waals surface area contributed by atoms with Crippen LogP contribution in [0.15, 0.2) is 36.4 Å². The van der Waals surface area contributed by atoms with Crippen LogP contribution in [0.1, 0.15) is 11.1 Å². The molecule has 0 atom stereocenters. The van der Waals surface area contributed by atoms with Gasteiger partial charge in [-0.25, -0.2) is 4.39 Å². The number of ether oxygens (including phenoxy) is 1. The monoisotopic (exact) mass is 339 g/mol. The van der Waals surface area contributed by atoms with E-state index in [1.807, 2.05) is 6.07 Å². The molecule has 0 aliphatic carbocycles. The molecule has 0 unspecified atom stereocenters. The Balaban J connectivity index is 2.26. The first kappa shape index (κ1) is 13.9. The van der Waals surface area contributed by atoms with Crippen molar-refractivity contribution in [2.75, 3.05) is 0 Å². The Bertz CT molecular complexity index is 654. The number of benzene rings is 2. The number of halogens is 3. The molecule has 2 rings (SSSR count). The van der Waals surface area contributed by atoms with Crippen LogP contribution in [-0.2, 0) is 5.33 Å². The fourth-order valence-corrected chi connectivity index (χ4v) is 2.08. The lowest BCUT2D eigenvalue weighted by Gasteiger charge is -2.08. The molecule has 0 fully saturated rings. The molecule has 19 heavy (non-hydrogen) atoms. The van der Waals surface area contributed by atoms with Crippen molar-refractivity contribution in [3.05, 3.63) is 58.4 Å². The van der Waals surface area contributed by atoms with Crippen molar-refractivity contribution in [2.45, 2.75) is 5.33 Å². The average molecular weight is 341 g/mol. The summed E-state index contributed by atoms with van der Waals surface area (Å²) in [6, 6.07) is 11.1. The first-order valence-electron chi connectivity index (χ1n) is 5.36. The third-order valence-electron chi connectivity index (χ3n) is 2.44. The largest absolute Gasteiger partial charge is 0.456 e. The van der Waals surface area contributed by atoms with Crippen LogP contribution in [0.5, 0.6) is 11.5 Å². The highest BCUT2D eigenvalue weighted by molar-refractivity contribution is 9.08. The lowest BCUT2D eigenvalue weighted by Crippen LogP contribution is -1.89. The fraction of sp³-hybridized carbons (Fsp3) is 0.0714. The molecule has 2 aromatic rings. The minimum atomic E-state index is -0.617. The van der Waals surface area contributed by atoms with Gasteiger partial charge in [-0.2, -0.15) is 5.26 Å². The smallest absolute Gasteiger partial charge is 0.146 e. The van der Waals surface area contributed by atoms with Crippen LogP contribution in [0.4, 0.5) is 4.39 Å². The maximum Gasteiger partial charge on any atom is 0.146 e. The van der Waals surface area contributed by atoms with Gasteiger partial charge in [0.05, 0.1) is 10.6 Å². The van der Waals surface area contributed by atoms with E-state index in [9.17, 15) is 4.39 Å². The van der Waals surface area contributed by atoms with Crippen molar-refractivity contribution in [1.82, 2.24) is 0 Å². The average Bonchev–Trinajstić information content (AvgIpc) is 2.41. The van der Waals surface area contributed by atoms with Crippen molar-refractivity contribution in [2.24, 2.45) is 0 Å². The van der Waals surface area contributed by atoms with Crippen LogP contribution < -0.4 is 4.74 Å². The maximum atomic E-state index is 13.4. The van der Waals surface area contributed by atoms with Gasteiger partial charge in [-0.1, -0.05) is 33.6 Å². The van der Waals surface area contributed by atoms with Crippen molar-refractivity contribution >= 4 is 27.5 Å². The molecular weight excluding hydrogens is 333 g/mol. The summed E-state index contributed by atoms with van der Waals surface area (Å²) in [6.07, 6.45) is 0. The van der Waals surface area contributed by atoms with E-state index < -0.39 is 5.82 Å². The van der Waals surface area contributed by atoms with E-state index in [0.717, 1.165) is 11.6 Å². The SMILES string of the molecule is N#Cc1ccc(Oc2ccc(CBr)cc2Cl)cc1F. The lowest BCUT2D eigenvalue weighted by atomic mass is 10.2. The maximum absolute atomic E-state index is 13.4. The summed E-state index contributed by atoms with van der Waals surface area (Å²) < 4.78 is 18.9. The molecule has 0 aliphatic heterocycles. The summed E-state index contributed by atoms with van der Waals surface area (Å²) >= 11 is 9.39. The van der Waals surface area contributed by atoms with Crippen LogP contribution in [0, 0.1) is 17.1 Å². The van der Waals surface area contributed by atoms with Gasteiger partial charge in [0.1, 0.15) is 23.4 Å². The van der Waals surface area contributed by atoms with E-state index in [0.29, 0.717) is 21.9 Å². The quantitative estimate of drug-likeness (QED) is 0.733. The van der Waals surface area contributed by atoms with Crippen LogP contribution in [0.3, 0.4) is 0 Å². The number of alkyl halides is 1. The predicted octanol–water partition coefficient (Wildman–Crippen LogP) is 5.04. The van der Waals surface area contributed by atoms with E-state index in [4.69, 9.17) is 21.6 Å². The molecule has 2 nitrogen and oxygen atoms in total. The van der Waals surface area contributed by atoms with Gasteiger partial charge < -0.3 is 4.74 Å². The van der Waals surface area contributed by atoms with Crippen molar-refractivity contribution in [3.63, 3.8) is 0 Å². The highest BCUT2D eigenvalue weighted by Crippen LogP contribution is 2.31. The molecule has 0 aromatic heterocycles. The first-order chi connectivity index (χ1) is 9.13. The van der Waals surface area contributed by atoms with Gasteiger partial charge in [0.2, 0.25) is 0 Å². The highest BCUT2D eigenvalue weighted by Gasteiger charge is 2.07. The normalized spacial score (nSPS) is 10.0. The molecule has 5 heteroatoms. The van der Waals surface area contributed by atoms with Crippen LogP contribution >= 0.6 is 27.5 Å². The number of nitrogens with zero attached hydrogens (tertiary/aromatic N) is 1. The molecule has 0 radical (unpaired) electrons. The summed E-state index contributed by atoms with van der Waals surface area (Å²) in [5, 5.41) is 9.78. The molecule has 0 spiro atoms. The van der Waals surface area contributed by atoms with Gasteiger partial charge in [0.15, 0.2) is 0 Å². The fourth-order valence-electron chi connectivity index (χ4n) is 1.49. The molecule has 0 amide bonds. The zero-order chi connectivity index (χ0) is 13.8. The summed E-state index contributed by atoms with van der Waals surface area (Å²) in [6.45, 7) is 0. The van der Waals surface area contributed by atoms with Gasteiger partial charge in [-0.05, 0) is 29.8 Å². The number of nitriles is 1. The Morgan fingerprint density at radius 1 is 1.26 bits per heavy atom. The number of hydrogen-bond donors (Lipinski definition) is 0. The van der Waals surface area contributed by atoms with Crippen LogP contribution in [0.2, 0.25) is 5.02 Å². The second-order valence-electron chi connectivity index (χ2n) is 3.75. The molecule has 0 saturated heterocycles. The molecule has 0 saturated carbocycles. The van der Waals surface area contributed by atoms with E-state index >= 15 is 0 Å². The molecule has 0 heterocycles. The van der Waals surface area contributed by atoms with Gasteiger partial charge >= 0.3 is 0 Å². The molecule has 0 aliphatic rings. The van der Waals surface area contributed by atoms with E-state index in [1.165, 1.54) is 12.1 Å². The first-order valence-corrected chi connectivity index (χ1v) is 6.86. The van der Waals surface area contributed by atoms with Crippen LogP contribution in [-0.4, -0.2) is 0 Å². The van der Waals surface area contributed by atoms with E-state index in [-0.39, 0.29) is 5.56 Å². The van der Waals surface area contributed by atoms with Crippen molar-refractivity contribution < 1.29 is 9.13 Å². The van der Waals surface area contributed by atoms with Gasteiger partial charge in [-0.15, -0.1) is 0 Å². The Morgan fingerprint density at radius 2 is 2.05 bits per heavy atom. The molecule has 96 valence electrons. The molecule has 2 aromatic carbocycles.